The van der Waals surface area contributed by atoms with E-state index in [0.717, 1.165) is 0 Å². The largest absolute Gasteiger partial charge is 0.507 e. The Bertz CT molecular complexity index is 1210. The maximum atomic E-state index is 13.1. The molecule has 0 aliphatic rings. The number of aromatic hydroxyl groups is 1. The minimum absolute atomic E-state index is 0.161. The number of aromatic nitrogens is 1. The van der Waals surface area contributed by atoms with E-state index in [1.807, 2.05) is 0 Å². The van der Waals surface area contributed by atoms with Gasteiger partial charge in [0.2, 0.25) is 0 Å². The van der Waals surface area contributed by atoms with Gasteiger partial charge < -0.3 is 23.6 Å². The Balaban J connectivity index is 2.31. The molecule has 0 aliphatic carbocycles. The molecule has 0 saturated heterocycles. The molecular formula is C21H21NO7. The molecule has 0 spiro atoms. The van der Waals surface area contributed by atoms with Gasteiger partial charge in [-0.3, -0.25) is 9.59 Å². The first-order valence-corrected chi connectivity index (χ1v) is 8.85. The van der Waals surface area contributed by atoms with E-state index in [9.17, 15) is 19.5 Å². The van der Waals surface area contributed by atoms with Crippen molar-refractivity contribution in [1.29, 1.82) is 0 Å². The van der Waals surface area contributed by atoms with Crippen molar-refractivity contribution in [1.82, 2.24) is 4.57 Å². The monoisotopic (exact) mass is 399 g/mol. The van der Waals surface area contributed by atoms with Crippen molar-refractivity contribution in [2.24, 2.45) is 7.05 Å². The average molecular weight is 399 g/mol. The van der Waals surface area contributed by atoms with Crippen LogP contribution in [0.15, 0.2) is 44.3 Å². The van der Waals surface area contributed by atoms with Gasteiger partial charge in [-0.1, -0.05) is 0 Å². The van der Waals surface area contributed by atoms with Crippen LogP contribution in [-0.2, 0) is 16.6 Å². The highest BCUT2D eigenvalue weighted by atomic mass is 16.5. The summed E-state index contributed by atoms with van der Waals surface area (Å²) in [7, 11) is 4.32. The van der Waals surface area contributed by atoms with E-state index in [2.05, 4.69) is 0 Å². The molecule has 1 N–H and O–H groups in total. The highest BCUT2D eigenvalue weighted by Crippen LogP contribution is 2.32. The number of aryl methyl sites for hydroxylation is 2. The number of methoxy groups -OCH3 is 2. The zero-order valence-corrected chi connectivity index (χ0v) is 16.5. The number of pyridine rings is 1. The van der Waals surface area contributed by atoms with Crippen molar-refractivity contribution in [3.8, 4) is 11.5 Å². The molecule has 3 rings (SSSR count). The number of esters is 1. The second-order valence-corrected chi connectivity index (χ2v) is 6.66. The summed E-state index contributed by atoms with van der Waals surface area (Å²) in [6.07, 6.45) is -0.311. The fraction of sp³-hybridized carbons (Fsp3) is 0.286. The third-order valence-corrected chi connectivity index (χ3v) is 4.87. The second kappa shape index (κ2) is 7.83. The molecule has 8 nitrogen and oxygen atoms in total. The first-order chi connectivity index (χ1) is 13.8. The SMILES string of the molecule is COC(=O)C[C@@H](c1c(O)cc(C)oc1=O)c1cc2ccc(OC)cc2n(C)c1=O. The van der Waals surface area contributed by atoms with E-state index >= 15 is 0 Å². The molecule has 8 heteroatoms. The number of hydrogen-bond acceptors (Lipinski definition) is 7. The van der Waals surface area contributed by atoms with E-state index in [1.54, 1.807) is 31.3 Å². The smallest absolute Gasteiger partial charge is 0.343 e. The topological polar surface area (TPSA) is 108 Å². The van der Waals surface area contributed by atoms with Gasteiger partial charge in [0, 0.05) is 30.7 Å². The second-order valence-electron chi connectivity index (χ2n) is 6.66. The lowest BCUT2D eigenvalue weighted by molar-refractivity contribution is -0.140. The van der Waals surface area contributed by atoms with E-state index in [4.69, 9.17) is 13.9 Å². The van der Waals surface area contributed by atoms with E-state index in [-0.39, 0.29) is 29.1 Å². The summed E-state index contributed by atoms with van der Waals surface area (Å²) in [5.41, 5.74) is -0.602. The van der Waals surface area contributed by atoms with Gasteiger partial charge >= 0.3 is 11.6 Å². The molecule has 1 atom stereocenters. The Morgan fingerprint density at radius 3 is 2.55 bits per heavy atom. The van der Waals surface area contributed by atoms with Crippen LogP contribution in [0.4, 0.5) is 0 Å². The number of fused-ring (bicyclic) bond motifs is 1. The molecule has 152 valence electrons. The van der Waals surface area contributed by atoms with Gasteiger partial charge in [0.05, 0.1) is 31.7 Å². The van der Waals surface area contributed by atoms with E-state index < -0.39 is 23.1 Å². The standard InChI is InChI=1S/C21H21NO7/c1-11-7-17(23)19(21(26)29-11)14(10-18(24)28-4)15-8-12-5-6-13(27-3)9-16(12)22(2)20(15)25/h5-9,14,23H,10H2,1-4H3/t14-/m1/s1. The highest BCUT2D eigenvalue weighted by molar-refractivity contribution is 5.82. The molecule has 0 fully saturated rings. The number of ether oxygens (including phenoxy) is 2. The Morgan fingerprint density at radius 1 is 1.21 bits per heavy atom. The summed E-state index contributed by atoms with van der Waals surface area (Å²) >= 11 is 0. The predicted octanol–water partition coefficient (Wildman–Crippen LogP) is 2.21. The molecule has 3 aromatic rings. The zero-order valence-electron chi connectivity index (χ0n) is 16.5. The van der Waals surface area contributed by atoms with E-state index in [1.165, 1.54) is 31.8 Å². The van der Waals surface area contributed by atoms with Crippen LogP contribution in [0.3, 0.4) is 0 Å². The zero-order chi connectivity index (χ0) is 21.3. The van der Waals surface area contributed by atoms with Crippen molar-refractivity contribution in [2.45, 2.75) is 19.3 Å². The Morgan fingerprint density at radius 2 is 1.93 bits per heavy atom. The lowest BCUT2D eigenvalue weighted by Crippen LogP contribution is -2.27. The lowest BCUT2D eigenvalue weighted by atomic mass is 9.88. The van der Waals surface area contributed by atoms with Crippen molar-refractivity contribution >= 4 is 16.9 Å². The van der Waals surface area contributed by atoms with Crippen molar-refractivity contribution in [2.75, 3.05) is 14.2 Å². The number of nitrogens with zero attached hydrogens (tertiary/aromatic N) is 1. The molecule has 2 aromatic heterocycles. The van der Waals surface area contributed by atoms with Crippen LogP contribution in [0.25, 0.3) is 10.9 Å². The van der Waals surface area contributed by atoms with Crippen molar-refractivity contribution in [3.05, 3.63) is 68.0 Å². The van der Waals surface area contributed by atoms with Gasteiger partial charge in [-0.05, 0) is 30.5 Å². The summed E-state index contributed by atoms with van der Waals surface area (Å²) < 4.78 is 16.5. The Kier molecular flexibility index (Phi) is 5.45. The van der Waals surface area contributed by atoms with Crippen LogP contribution in [0, 0.1) is 6.92 Å². The number of hydrogen-bond donors (Lipinski definition) is 1. The molecule has 29 heavy (non-hydrogen) atoms. The summed E-state index contributed by atoms with van der Waals surface area (Å²) in [6, 6.07) is 8.10. The van der Waals surface area contributed by atoms with Gasteiger partial charge in [0.15, 0.2) is 0 Å². The quantitative estimate of drug-likeness (QED) is 0.655. The van der Waals surface area contributed by atoms with Crippen molar-refractivity contribution in [3.63, 3.8) is 0 Å². The lowest BCUT2D eigenvalue weighted by Gasteiger charge is -2.18. The van der Waals surface area contributed by atoms with Crippen LogP contribution in [-0.4, -0.2) is 29.9 Å². The molecule has 0 unspecified atom stereocenters. The van der Waals surface area contributed by atoms with E-state index in [0.29, 0.717) is 16.7 Å². The summed E-state index contributed by atoms with van der Waals surface area (Å²) in [4.78, 5) is 37.6. The van der Waals surface area contributed by atoms with Crippen LogP contribution in [0.1, 0.15) is 29.2 Å². The van der Waals surface area contributed by atoms with Gasteiger partial charge in [-0.2, -0.15) is 0 Å². The predicted molar refractivity (Wildman–Crippen MR) is 106 cm³/mol. The third-order valence-electron chi connectivity index (χ3n) is 4.87. The highest BCUT2D eigenvalue weighted by Gasteiger charge is 2.29. The van der Waals surface area contributed by atoms with Gasteiger partial charge in [0.25, 0.3) is 5.56 Å². The molecule has 0 radical (unpaired) electrons. The van der Waals surface area contributed by atoms with Crippen molar-refractivity contribution < 1.29 is 23.8 Å². The van der Waals surface area contributed by atoms with Crippen LogP contribution < -0.4 is 15.9 Å². The maximum Gasteiger partial charge on any atom is 0.343 e. The van der Waals surface area contributed by atoms with Crippen LogP contribution in [0.5, 0.6) is 11.5 Å². The summed E-state index contributed by atoms with van der Waals surface area (Å²) in [6.45, 7) is 1.52. The molecule has 0 amide bonds. The molecule has 1 aromatic carbocycles. The number of rotatable bonds is 5. The molecule has 2 heterocycles. The third kappa shape index (κ3) is 3.73. The normalized spacial score (nSPS) is 12.0. The molecule has 0 saturated carbocycles. The molecule has 0 bridgehead atoms. The molecule has 0 aliphatic heterocycles. The number of carbonyl (C=O) groups is 1. The summed E-state index contributed by atoms with van der Waals surface area (Å²) in [5.74, 6) is -1.21. The van der Waals surface area contributed by atoms with Crippen LogP contribution in [0.2, 0.25) is 0 Å². The number of benzene rings is 1. The fourth-order valence-electron chi connectivity index (χ4n) is 3.39. The minimum atomic E-state index is -1.04. The number of carbonyl (C=O) groups excluding carboxylic acids is 1. The van der Waals surface area contributed by atoms with Gasteiger partial charge in [-0.25, -0.2) is 4.79 Å². The van der Waals surface area contributed by atoms with Gasteiger partial charge in [0.1, 0.15) is 17.3 Å². The van der Waals surface area contributed by atoms with Gasteiger partial charge in [-0.15, -0.1) is 0 Å². The first kappa shape index (κ1) is 20.2. The maximum absolute atomic E-state index is 13.1. The first-order valence-electron chi connectivity index (χ1n) is 8.85. The fourth-order valence-corrected chi connectivity index (χ4v) is 3.39. The Hall–Kier alpha value is -3.55. The Labute approximate surface area is 165 Å². The summed E-state index contributed by atoms with van der Waals surface area (Å²) in [5, 5.41) is 11.1. The average Bonchev–Trinajstić information content (AvgIpc) is 2.68. The molecular weight excluding hydrogens is 378 g/mol. The van der Waals surface area contributed by atoms with Crippen LogP contribution >= 0.6 is 0 Å². The minimum Gasteiger partial charge on any atom is -0.507 e.